The number of aromatic carboxylic acids is 1. The molecule has 0 aliphatic heterocycles. The lowest BCUT2D eigenvalue weighted by Gasteiger charge is -2.08. The van der Waals surface area contributed by atoms with Gasteiger partial charge < -0.3 is 10.8 Å². The van der Waals surface area contributed by atoms with Gasteiger partial charge in [0, 0.05) is 11.8 Å². The van der Waals surface area contributed by atoms with Crippen molar-refractivity contribution in [3.05, 3.63) is 48.2 Å². The monoisotopic (exact) mass is 214 g/mol. The SMILES string of the molecule is Nc1nccc(C(=O)O)c1-c1ccccc1. The molecule has 3 N–H and O–H groups in total. The normalized spacial score (nSPS) is 10.0. The van der Waals surface area contributed by atoms with Crippen molar-refractivity contribution in [3.8, 4) is 11.1 Å². The van der Waals surface area contributed by atoms with E-state index in [1.54, 1.807) is 12.1 Å². The second kappa shape index (κ2) is 4.02. The van der Waals surface area contributed by atoms with Gasteiger partial charge in [0.2, 0.25) is 0 Å². The Labute approximate surface area is 92.4 Å². The van der Waals surface area contributed by atoms with Gasteiger partial charge in [-0.15, -0.1) is 0 Å². The highest BCUT2D eigenvalue weighted by atomic mass is 16.4. The number of nitrogens with two attached hydrogens (primary N) is 1. The van der Waals surface area contributed by atoms with Crippen molar-refractivity contribution in [2.45, 2.75) is 0 Å². The predicted octanol–water partition coefficient (Wildman–Crippen LogP) is 2.03. The maximum absolute atomic E-state index is 11.1. The first-order chi connectivity index (χ1) is 7.70. The molecule has 1 aromatic heterocycles. The molecule has 0 aliphatic carbocycles. The molecule has 1 heterocycles. The number of pyridine rings is 1. The average molecular weight is 214 g/mol. The summed E-state index contributed by atoms with van der Waals surface area (Å²) in [6, 6.07) is 10.6. The van der Waals surface area contributed by atoms with Gasteiger partial charge in [-0.2, -0.15) is 0 Å². The quantitative estimate of drug-likeness (QED) is 0.801. The van der Waals surface area contributed by atoms with Gasteiger partial charge in [-0.25, -0.2) is 9.78 Å². The lowest BCUT2D eigenvalue weighted by molar-refractivity contribution is 0.0697. The second-order valence-electron chi connectivity index (χ2n) is 3.29. The van der Waals surface area contributed by atoms with E-state index in [-0.39, 0.29) is 11.4 Å². The second-order valence-corrected chi connectivity index (χ2v) is 3.29. The predicted molar refractivity (Wildman–Crippen MR) is 61.0 cm³/mol. The van der Waals surface area contributed by atoms with Crippen LogP contribution < -0.4 is 5.73 Å². The Morgan fingerprint density at radius 3 is 2.50 bits per heavy atom. The number of anilines is 1. The zero-order chi connectivity index (χ0) is 11.5. The average Bonchev–Trinajstić information content (AvgIpc) is 2.29. The van der Waals surface area contributed by atoms with Crippen LogP contribution in [-0.2, 0) is 0 Å². The number of hydrogen-bond donors (Lipinski definition) is 2. The van der Waals surface area contributed by atoms with Crippen LogP contribution in [0.4, 0.5) is 5.82 Å². The van der Waals surface area contributed by atoms with E-state index in [0.717, 1.165) is 5.56 Å². The van der Waals surface area contributed by atoms with Crippen molar-refractivity contribution in [3.63, 3.8) is 0 Å². The van der Waals surface area contributed by atoms with Gasteiger partial charge in [0.25, 0.3) is 0 Å². The third kappa shape index (κ3) is 1.72. The molecule has 0 fully saturated rings. The van der Waals surface area contributed by atoms with Gasteiger partial charge in [-0.1, -0.05) is 30.3 Å². The molecule has 0 saturated carbocycles. The van der Waals surface area contributed by atoms with Crippen LogP contribution in [-0.4, -0.2) is 16.1 Å². The molecule has 0 saturated heterocycles. The van der Waals surface area contributed by atoms with Crippen LogP contribution >= 0.6 is 0 Å². The topological polar surface area (TPSA) is 76.2 Å². The molecule has 2 rings (SSSR count). The Bertz CT molecular complexity index is 524. The van der Waals surface area contributed by atoms with E-state index in [2.05, 4.69) is 4.98 Å². The molecule has 16 heavy (non-hydrogen) atoms. The number of carboxylic acids is 1. The minimum atomic E-state index is -1.01. The number of nitrogen functional groups attached to an aromatic ring is 1. The summed E-state index contributed by atoms with van der Waals surface area (Å²) in [5, 5.41) is 9.07. The van der Waals surface area contributed by atoms with E-state index in [4.69, 9.17) is 10.8 Å². The van der Waals surface area contributed by atoms with Gasteiger partial charge in [-0.05, 0) is 11.6 Å². The molecule has 0 atom stereocenters. The van der Waals surface area contributed by atoms with Crippen molar-refractivity contribution in [2.75, 3.05) is 5.73 Å². The maximum Gasteiger partial charge on any atom is 0.336 e. The summed E-state index contributed by atoms with van der Waals surface area (Å²) in [6.07, 6.45) is 1.39. The van der Waals surface area contributed by atoms with Crippen molar-refractivity contribution < 1.29 is 9.90 Å². The molecule has 0 radical (unpaired) electrons. The summed E-state index contributed by atoms with van der Waals surface area (Å²) in [6.45, 7) is 0. The van der Waals surface area contributed by atoms with Crippen LogP contribution in [0.25, 0.3) is 11.1 Å². The lowest BCUT2D eigenvalue weighted by Crippen LogP contribution is -2.04. The maximum atomic E-state index is 11.1. The highest BCUT2D eigenvalue weighted by molar-refractivity contribution is 5.98. The van der Waals surface area contributed by atoms with E-state index in [1.165, 1.54) is 12.3 Å². The minimum absolute atomic E-state index is 0.165. The molecule has 0 amide bonds. The van der Waals surface area contributed by atoms with Gasteiger partial charge >= 0.3 is 5.97 Å². The Balaban J connectivity index is 2.68. The summed E-state index contributed by atoms with van der Waals surface area (Å²) in [5.74, 6) is -0.779. The summed E-state index contributed by atoms with van der Waals surface area (Å²) in [5.41, 5.74) is 7.11. The summed E-state index contributed by atoms with van der Waals surface area (Å²) in [4.78, 5) is 15.0. The number of nitrogens with zero attached hydrogens (tertiary/aromatic N) is 1. The largest absolute Gasteiger partial charge is 0.478 e. The van der Waals surface area contributed by atoms with Gasteiger partial charge in [-0.3, -0.25) is 0 Å². The number of hydrogen-bond acceptors (Lipinski definition) is 3. The zero-order valence-corrected chi connectivity index (χ0v) is 8.42. The number of rotatable bonds is 2. The summed E-state index contributed by atoms with van der Waals surface area (Å²) in [7, 11) is 0. The van der Waals surface area contributed by atoms with Crippen LogP contribution in [0.2, 0.25) is 0 Å². The molecule has 0 aliphatic rings. The molecule has 4 nitrogen and oxygen atoms in total. The molecule has 0 unspecified atom stereocenters. The van der Waals surface area contributed by atoms with Gasteiger partial charge in [0.1, 0.15) is 5.82 Å². The Hall–Kier alpha value is -2.36. The molecule has 0 spiro atoms. The Morgan fingerprint density at radius 1 is 1.19 bits per heavy atom. The summed E-state index contributed by atoms with van der Waals surface area (Å²) >= 11 is 0. The van der Waals surface area contributed by atoms with Crippen LogP contribution in [0.5, 0.6) is 0 Å². The smallest absolute Gasteiger partial charge is 0.336 e. The zero-order valence-electron chi connectivity index (χ0n) is 8.42. The Morgan fingerprint density at radius 2 is 1.88 bits per heavy atom. The molecule has 0 bridgehead atoms. The fourth-order valence-corrected chi connectivity index (χ4v) is 1.56. The minimum Gasteiger partial charge on any atom is -0.478 e. The molecule has 80 valence electrons. The molecular weight excluding hydrogens is 204 g/mol. The first kappa shape index (κ1) is 10.2. The van der Waals surface area contributed by atoms with Crippen molar-refractivity contribution in [1.82, 2.24) is 4.98 Å². The number of carbonyl (C=O) groups is 1. The van der Waals surface area contributed by atoms with Crippen LogP contribution in [0.15, 0.2) is 42.6 Å². The van der Waals surface area contributed by atoms with Crippen LogP contribution in [0.1, 0.15) is 10.4 Å². The molecule has 1 aromatic carbocycles. The van der Waals surface area contributed by atoms with E-state index < -0.39 is 5.97 Å². The van der Waals surface area contributed by atoms with E-state index in [1.807, 2.05) is 18.2 Å². The van der Waals surface area contributed by atoms with E-state index in [9.17, 15) is 4.79 Å². The number of carboxylic acid groups (broad SMARTS) is 1. The highest BCUT2D eigenvalue weighted by Crippen LogP contribution is 2.27. The van der Waals surface area contributed by atoms with Gasteiger partial charge in [0.05, 0.1) is 5.56 Å². The number of benzene rings is 1. The standard InChI is InChI=1S/C12H10N2O2/c13-11-10(8-4-2-1-3-5-8)9(12(15)16)6-7-14-11/h1-7H,(H2,13,14)(H,15,16). The summed E-state index contributed by atoms with van der Waals surface area (Å²) < 4.78 is 0. The Kier molecular flexibility index (Phi) is 2.55. The van der Waals surface area contributed by atoms with Crippen LogP contribution in [0, 0.1) is 0 Å². The number of aromatic nitrogens is 1. The molecule has 2 aromatic rings. The van der Waals surface area contributed by atoms with Crippen molar-refractivity contribution >= 4 is 11.8 Å². The van der Waals surface area contributed by atoms with Crippen molar-refractivity contribution in [2.24, 2.45) is 0 Å². The molecular formula is C12H10N2O2. The molecule has 4 heteroatoms. The van der Waals surface area contributed by atoms with Gasteiger partial charge in [0.15, 0.2) is 0 Å². The fourth-order valence-electron chi connectivity index (χ4n) is 1.56. The lowest BCUT2D eigenvalue weighted by atomic mass is 10.0. The van der Waals surface area contributed by atoms with Crippen LogP contribution in [0.3, 0.4) is 0 Å². The third-order valence-electron chi connectivity index (χ3n) is 2.27. The van der Waals surface area contributed by atoms with E-state index in [0.29, 0.717) is 5.56 Å². The highest BCUT2D eigenvalue weighted by Gasteiger charge is 2.14. The third-order valence-corrected chi connectivity index (χ3v) is 2.27. The fraction of sp³-hybridized carbons (Fsp3) is 0. The van der Waals surface area contributed by atoms with Crippen molar-refractivity contribution in [1.29, 1.82) is 0 Å². The first-order valence-corrected chi connectivity index (χ1v) is 4.73. The van der Waals surface area contributed by atoms with E-state index >= 15 is 0 Å². The first-order valence-electron chi connectivity index (χ1n) is 4.73.